The molecule has 0 amide bonds. The molecule has 0 spiro atoms. The molecule has 44 heavy (non-hydrogen) atoms. The number of fused-ring (bicyclic) bond motifs is 8. The van der Waals surface area contributed by atoms with Gasteiger partial charge in [0.2, 0.25) is 0 Å². The van der Waals surface area contributed by atoms with Crippen LogP contribution in [0.25, 0.3) is 72.4 Å². The fourth-order valence-electron chi connectivity index (χ4n) is 6.54. The molecule has 0 unspecified atom stereocenters. The van der Waals surface area contributed by atoms with E-state index in [9.17, 15) is 0 Å². The number of nitrogens with zero attached hydrogens (tertiary/aromatic N) is 3. The lowest BCUT2D eigenvalue weighted by Gasteiger charge is -2.17. The Morgan fingerprint density at radius 3 is 2.18 bits per heavy atom. The molecule has 0 radical (unpaired) electrons. The van der Waals surface area contributed by atoms with Gasteiger partial charge in [0, 0.05) is 44.8 Å². The van der Waals surface area contributed by atoms with E-state index >= 15 is 0 Å². The molecule has 4 nitrogen and oxygen atoms in total. The van der Waals surface area contributed by atoms with Crippen LogP contribution >= 0.6 is 0 Å². The highest BCUT2D eigenvalue weighted by molar-refractivity contribution is 6.10. The molecule has 0 saturated heterocycles. The summed E-state index contributed by atoms with van der Waals surface area (Å²) in [6.45, 7) is 0. The summed E-state index contributed by atoms with van der Waals surface area (Å²) < 4.78 is 9.25. The molecule has 0 saturated carbocycles. The first kappa shape index (κ1) is 24.6. The Balaban J connectivity index is 1.40. The van der Waals surface area contributed by atoms with Crippen LogP contribution in [0.3, 0.4) is 0 Å². The first-order valence-electron chi connectivity index (χ1n) is 14.8. The molecule has 4 heteroatoms. The molecule has 0 atom stereocenters. The van der Waals surface area contributed by atoms with Gasteiger partial charge in [-0.05, 0) is 47.9 Å². The minimum Gasteiger partial charge on any atom is -0.455 e. The van der Waals surface area contributed by atoms with E-state index in [1.54, 1.807) is 0 Å². The van der Waals surface area contributed by atoms with E-state index in [-0.39, 0.29) is 0 Å². The van der Waals surface area contributed by atoms with Crippen molar-refractivity contribution in [3.05, 3.63) is 152 Å². The Bertz CT molecular complexity index is 2360. The molecular weight excluding hydrogens is 538 g/mol. The summed E-state index contributed by atoms with van der Waals surface area (Å²) in [5.74, 6) is 2.46. The van der Waals surface area contributed by atoms with Gasteiger partial charge in [-0.15, -0.1) is 0 Å². The van der Waals surface area contributed by atoms with Gasteiger partial charge in [-0.3, -0.25) is 4.57 Å². The lowest BCUT2D eigenvalue weighted by molar-refractivity contribution is 0.489. The summed E-state index contributed by atoms with van der Waals surface area (Å²) in [7, 11) is 0. The van der Waals surface area contributed by atoms with Gasteiger partial charge in [0.15, 0.2) is 0 Å². The van der Waals surface area contributed by atoms with Crippen molar-refractivity contribution in [1.82, 2.24) is 14.5 Å². The van der Waals surface area contributed by atoms with Crippen molar-refractivity contribution in [2.45, 2.75) is 0 Å². The summed E-state index contributed by atoms with van der Waals surface area (Å²) in [6, 6.07) is 50.3. The zero-order valence-electron chi connectivity index (χ0n) is 23.7. The lowest BCUT2D eigenvalue weighted by atomic mass is 9.94. The minimum atomic E-state index is 0.795. The Labute approximate surface area is 254 Å². The summed E-state index contributed by atoms with van der Waals surface area (Å²) in [4.78, 5) is 10.1. The van der Waals surface area contributed by atoms with Crippen molar-refractivity contribution in [3.63, 3.8) is 0 Å². The molecule has 1 aliphatic rings. The summed E-state index contributed by atoms with van der Waals surface area (Å²) >= 11 is 0. The average molecular weight is 564 g/mol. The van der Waals surface area contributed by atoms with Crippen LogP contribution in [0.4, 0.5) is 0 Å². The topological polar surface area (TPSA) is 39.9 Å². The maximum Gasteiger partial charge on any atom is 0.144 e. The fourth-order valence-corrected chi connectivity index (χ4v) is 6.54. The molecule has 0 aliphatic carbocycles. The smallest absolute Gasteiger partial charge is 0.144 e. The Morgan fingerprint density at radius 2 is 1.30 bits per heavy atom. The number of para-hydroxylation sites is 3. The number of aromatic nitrogens is 3. The van der Waals surface area contributed by atoms with Gasteiger partial charge in [-0.2, -0.15) is 0 Å². The lowest BCUT2D eigenvalue weighted by Crippen LogP contribution is -1.99. The minimum absolute atomic E-state index is 0.795. The number of hydrogen-bond donors (Lipinski definition) is 0. The van der Waals surface area contributed by atoms with Gasteiger partial charge in [-0.25, -0.2) is 9.97 Å². The molecule has 5 aromatic carbocycles. The quantitative estimate of drug-likeness (QED) is 0.215. The second-order valence-corrected chi connectivity index (χ2v) is 11.0. The third kappa shape index (κ3) is 3.71. The van der Waals surface area contributed by atoms with Crippen LogP contribution in [0.1, 0.15) is 0 Å². The first-order valence-corrected chi connectivity index (χ1v) is 14.8. The van der Waals surface area contributed by atoms with Crippen LogP contribution < -0.4 is 4.74 Å². The Hall–Kier alpha value is -6.00. The zero-order valence-corrected chi connectivity index (χ0v) is 23.7. The number of hydrogen-bond acceptors (Lipinski definition) is 3. The van der Waals surface area contributed by atoms with Gasteiger partial charge in [0.1, 0.15) is 17.3 Å². The van der Waals surface area contributed by atoms with Crippen LogP contribution in [0.5, 0.6) is 11.5 Å². The molecule has 0 fully saturated rings. The summed E-state index contributed by atoms with van der Waals surface area (Å²) in [6.07, 6.45) is 1.85. The average Bonchev–Trinajstić information content (AvgIpc) is 3.36. The molecule has 206 valence electrons. The van der Waals surface area contributed by atoms with Crippen LogP contribution in [0, 0.1) is 0 Å². The summed E-state index contributed by atoms with van der Waals surface area (Å²) in [5, 5.41) is 3.36. The third-order valence-corrected chi connectivity index (χ3v) is 8.46. The number of ether oxygens (including phenoxy) is 1. The zero-order chi connectivity index (χ0) is 29.0. The molecule has 1 aliphatic heterocycles. The van der Waals surface area contributed by atoms with E-state index in [1.165, 1.54) is 0 Å². The molecular formula is C40H25N3O. The molecule has 3 aromatic heterocycles. The highest BCUT2D eigenvalue weighted by Gasteiger charge is 2.30. The molecule has 4 heterocycles. The predicted octanol–water partition coefficient (Wildman–Crippen LogP) is 10.3. The van der Waals surface area contributed by atoms with E-state index in [4.69, 9.17) is 14.7 Å². The van der Waals surface area contributed by atoms with Crippen molar-refractivity contribution in [3.8, 4) is 62.2 Å². The van der Waals surface area contributed by atoms with Crippen molar-refractivity contribution in [2.75, 3.05) is 0 Å². The van der Waals surface area contributed by atoms with Gasteiger partial charge in [-0.1, -0.05) is 103 Å². The van der Waals surface area contributed by atoms with Gasteiger partial charge >= 0.3 is 0 Å². The molecule has 0 N–H and O–H groups in total. The highest BCUT2D eigenvalue weighted by atomic mass is 16.5. The van der Waals surface area contributed by atoms with E-state index in [0.717, 1.165) is 83.9 Å². The van der Waals surface area contributed by atoms with E-state index < -0.39 is 0 Å². The third-order valence-electron chi connectivity index (χ3n) is 8.46. The van der Waals surface area contributed by atoms with E-state index in [1.807, 2.05) is 30.5 Å². The maximum absolute atomic E-state index is 6.99. The van der Waals surface area contributed by atoms with Gasteiger partial charge < -0.3 is 4.74 Å². The Kier molecular flexibility index (Phi) is 5.47. The monoisotopic (exact) mass is 563 g/mol. The van der Waals surface area contributed by atoms with Crippen LogP contribution in [-0.2, 0) is 0 Å². The van der Waals surface area contributed by atoms with Crippen molar-refractivity contribution >= 4 is 21.7 Å². The standard InChI is InChI=1S/C40H25N3O/c1-2-13-26(14-3-1)33-25-27-15-4-5-16-28(27)38(42-33)32-20-12-19-31-37-29-17-6-8-21-34(29)43(36-23-10-11-24-41-36)39(37)30-18-7-9-22-35(30)44-40(31)32/h1-25H. The second kappa shape index (κ2) is 9.79. The molecule has 8 aromatic rings. The van der Waals surface area contributed by atoms with Gasteiger partial charge in [0.25, 0.3) is 0 Å². The van der Waals surface area contributed by atoms with Crippen LogP contribution in [0.15, 0.2) is 152 Å². The molecule has 9 rings (SSSR count). The number of rotatable bonds is 3. The first-order chi connectivity index (χ1) is 21.8. The van der Waals surface area contributed by atoms with Crippen molar-refractivity contribution < 1.29 is 4.74 Å². The molecule has 0 bridgehead atoms. The van der Waals surface area contributed by atoms with E-state index in [0.29, 0.717) is 0 Å². The maximum atomic E-state index is 6.99. The predicted molar refractivity (Wildman–Crippen MR) is 178 cm³/mol. The number of pyridine rings is 2. The van der Waals surface area contributed by atoms with E-state index in [2.05, 4.69) is 126 Å². The van der Waals surface area contributed by atoms with Crippen LogP contribution in [0.2, 0.25) is 0 Å². The summed E-state index contributed by atoms with van der Waals surface area (Å²) in [5.41, 5.74) is 9.18. The van der Waals surface area contributed by atoms with Crippen molar-refractivity contribution in [1.29, 1.82) is 0 Å². The second-order valence-electron chi connectivity index (χ2n) is 11.0. The largest absolute Gasteiger partial charge is 0.455 e. The number of benzene rings is 5. The highest BCUT2D eigenvalue weighted by Crippen LogP contribution is 2.54. The van der Waals surface area contributed by atoms with Crippen LogP contribution in [-0.4, -0.2) is 14.5 Å². The Morgan fingerprint density at radius 1 is 0.568 bits per heavy atom. The van der Waals surface area contributed by atoms with Gasteiger partial charge in [0.05, 0.1) is 22.6 Å². The normalized spacial score (nSPS) is 11.8. The van der Waals surface area contributed by atoms with Crippen molar-refractivity contribution in [2.24, 2.45) is 0 Å². The fraction of sp³-hybridized carbons (Fsp3) is 0. The SMILES string of the molecule is c1ccc(-c2cc3ccccc3c(-c3cccc4c3Oc3ccccc3-c3c-4c4ccccc4n3-c3ccccn3)n2)cc1.